The SMILES string of the molecule is Cc1ccccc1NC(=O)c1ccc(NCc2ccco2)cn1. The van der Waals surface area contributed by atoms with Gasteiger partial charge >= 0.3 is 0 Å². The summed E-state index contributed by atoms with van der Waals surface area (Å²) in [6.07, 6.45) is 3.27. The van der Waals surface area contributed by atoms with Crippen molar-refractivity contribution in [3.8, 4) is 0 Å². The first kappa shape index (κ1) is 14.8. The van der Waals surface area contributed by atoms with Gasteiger partial charge in [0.1, 0.15) is 11.5 Å². The number of hydrogen-bond donors (Lipinski definition) is 2. The van der Waals surface area contributed by atoms with Crippen LogP contribution in [-0.4, -0.2) is 10.9 Å². The lowest BCUT2D eigenvalue weighted by molar-refractivity contribution is 0.102. The molecular formula is C18H17N3O2. The minimum Gasteiger partial charge on any atom is -0.467 e. The lowest BCUT2D eigenvalue weighted by atomic mass is 10.2. The van der Waals surface area contributed by atoms with E-state index in [4.69, 9.17) is 4.42 Å². The number of nitrogens with one attached hydrogen (secondary N) is 2. The van der Waals surface area contributed by atoms with Crippen LogP contribution >= 0.6 is 0 Å². The second kappa shape index (κ2) is 6.79. The number of furan rings is 1. The number of amides is 1. The van der Waals surface area contributed by atoms with E-state index in [0.29, 0.717) is 12.2 Å². The molecule has 0 aliphatic rings. The Hall–Kier alpha value is -3.08. The number of rotatable bonds is 5. The van der Waals surface area contributed by atoms with E-state index < -0.39 is 0 Å². The number of para-hydroxylation sites is 1. The summed E-state index contributed by atoms with van der Waals surface area (Å²) in [5.41, 5.74) is 3.00. The number of anilines is 2. The van der Waals surface area contributed by atoms with Crippen molar-refractivity contribution in [2.45, 2.75) is 13.5 Å². The fourth-order valence-corrected chi connectivity index (χ4v) is 2.13. The second-order valence-electron chi connectivity index (χ2n) is 5.13. The van der Waals surface area contributed by atoms with Gasteiger partial charge in [-0.15, -0.1) is 0 Å². The number of carbonyl (C=O) groups is 1. The maximum absolute atomic E-state index is 12.2. The highest BCUT2D eigenvalue weighted by Crippen LogP contribution is 2.15. The van der Waals surface area contributed by atoms with Crippen LogP contribution in [0.15, 0.2) is 65.4 Å². The molecule has 0 unspecified atom stereocenters. The molecule has 2 N–H and O–H groups in total. The first-order chi connectivity index (χ1) is 11.2. The van der Waals surface area contributed by atoms with Crippen molar-refractivity contribution in [3.05, 3.63) is 78.0 Å². The Morgan fingerprint density at radius 2 is 2.00 bits per heavy atom. The number of carbonyl (C=O) groups excluding carboxylic acids is 1. The number of hydrogen-bond acceptors (Lipinski definition) is 4. The predicted molar refractivity (Wildman–Crippen MR) is 89.4 cm³/mol. The molecule has 5 heteroatoms. The summed E-state index contributed by atoms with van der Waals surface area (Å²) in [4.78, 5) is 16.4. The number of aromatic nitrogens is 1. The van der Waals surface area contributed by atoms with Gasteiger partial charge in [0.25, 0.3) is 5.91 Å². The van der Waals surface area contributed by atoms with Crippen LogP contribution in [0.2, 0.25) is 0 Å². The largest absolute Gasteiger partial charge is 0.467 e. The zero-order chi connectivity index (χ0) is 16.1. The fourth-order valence-electron chi connectivity index (χ4n) is 2.13. The molecule has 0 fully saturated rings. The van der Waals surface area contributed by atoms with Crippen LogP contribution in [0.25, 0.3) is 0 Å². The number of nitrogens with zero attached hydrogens (tertiary/aromatic N) is 1. The third kappa shape index (κ3) is 3.77. The molecule has 0 aliphatic carbocycles. The first-order valence-corrected chi connectivity index (χ1v) is 7.31. The van der Waals surface area contributed by atoms with Crippen molar-refractivity contribution in [2.24, 2.45) is 0 Å². The molecule has 0 bridgehead atoms. The first-order valence-electron chi connectivity index (χ1n) is 7.31. The van der Waals surface area contributed by atoms with Gasteiger partial charge in [-0.1, -0.05) is 18.2 Å². The van der Waals surface area contributed by atoms with E-state index in [1.165, 1.54) is 0 Å². The molecule has 0 aliphatic heterocycles. The Bertz CT molecular complexity index is 780. The molecular weight excluding hydrogens is 290 g/mol. The van der Waals surface area contributed by atoms with Crippen LogP contribution in [0.3, 0.4) is 0 Å². The monoisotopic (exact) mass is 307 g/mol. The lowest BCUT2D eigenvalue weighted by Gasteiger charge is -2.08. The Kier molecular flexibility index (Phi) is 4.38. The zero-order valence-corrected chi connectivity index (χ0v) is 12.7. The maximum atomic E-state index is 12.2. The molecule has 0 saturated heterocycles. The fraction of sp³-hybridized carbons (Fsp3) is 0.111. The minimum absolute atomic E-state index is 0.225. The van der Waals surface area contributed by atoms with Crippen LogP contribution in [0, 0.1) is 6.92 Å². The smallest absolute Gasteiger partial charge is 0.274 e. The molecule has 3 rings (SSSR count). The zero-order valence-electron chi connectivity index (χ0n) is 12.7. The van der Waals surface area contributed by atoms with Gasteiger partial charge in [-0.3, -0.25) is 4.79 Å². The molecule has 2 heterocycles. The summed E-state index contributed by atoms with van der Waals surface area (Å²) >= 11 is 0. The van der Waals surface area contributed by atoms with Gasteiger partial charge in [0.2, 0.25) is 0 Å². The third-order valence-corrected chi connectivity index (χ3v) is 3.44. The van der Waals surface area contributed by atoms with Crippen molar-refractivity contribution in [1.82, 2.24) is 4.98 Å². The average Bonchev–Trinajstić information content (AvgIpc) is 3.09. The van der Waals surface area contributed by atoms with E-state index in [0.717, 1.165) is 22.7 Å². The molecule has 0 radical (unpaired) electrons. The predicted octanol–water partition coefficient (Wildman–Crippen LogP) is 3.85. The van der Waals surface area contributed by atoms with Gasteiger partial charge in [-0.05, 0) is 42.8 Å². The maximum Gasteiger partial charge on any atom is 0.274 e. The Morgan fingerprint density at radius 3 is 2.70 bits per heavy atom. The quantitative estimate of drug-likeness (QED) is 0.751. The van der Waals surface area contributed by atoms with E-state index in [9.17, 15) is 4.79 Å². The van der Waals surface area contributed by atoms with Crippen molar-refractivity contribution in [3.63, 3.8) is 0 Å². The average molecular weight is 307 g/mol. The van der Waals surface area contributed by atoms with Crippen molar-refractivity contribution in [1.29, 1.82) is 0 Å². The second-order valence-corrected chi connectivity index (χ2v) is 5.13. The van der Waals surface area contributed by atoms with Gasteiger partial charge in [-0.25, -0.2) is 4.98 Å². The van der Waals surface area contributed by atoms with Crippen LogP contribution in [0.4, 0.5) is 11.4 Å². The van der Waals surface area contributed by atoms with E-state index in [1.807, 2.05) is 49.4 Å². The van der Waals surface area contributed by atoms with Gasteiger partial charge in [0.05, 0.1) is 24.7 Å². The molecule has 1 amide bonds. The van der Waals surface area contributed by atoms with Crippen LogP contribution in [0.5, 0.6) is 0 Å². The highest BCUT2D eigenvalue weighted by Gasteiger charge is 2.08. The molecule has 2 aromatic heterocycles. The molecule has 5 nitrogen and oxygen atoms in total. The van der Waals surface area contributed by atoms with Gasteiger partial charge < -0.3 is 15.1 Å². The lowest BCUT2D eigenvalue weighted by Crippen LogP contribution is -2.14. The van der Waals surface area contributed by atoms with Crippen molar-refractivity contribution >= 4 is 17.3 Å². The van der Waals surface area contributed by atoms with E-state index in [-0.39, 0.29) is 5.91 Å². The Labute approximate surface area is 134 Å². The normalized spacial score (nSPS) is 10.3. The third-order valence-electron chi connectivity index (χ3n) is 3.44. The van der Waals surface area contributed by atoms with E-state index >= 15 is 0 Å². The number of benzene rings is 1. The topological polar surface area (TPSA) is 67.2 Å². The van der Waals surface area contributed by atoms with E-state index in [2.05, 4.69) is 15.6 Å². The van der Waals surface area contributed by atoms with Crippen molar-refractivity contribution in [2.75, 3.05) is 10.6 Å². The molecule has 23 heavy (non-hydrogen) atoms. The standard InChI is InChI=1S/C18H17N3O2/c1-13-5-2-3-7-16(13)21-18(22)17-9-8-14(11-20-17)19-12-15-6-4-10-23-15/h2-11,19H,12H2,1H3,(H,21,22). The van der Waals surface area contributed by atoms with Crippen LogP contribution in [-0.2, 0) is 6.54 Å². The molecule has 3 aromatic rings. The highest BCUT2D eigenvalue weighted by molar-refractivity contribution is 6.03. The van der Waals surface area contributed by atoms with Crippen LogP contribution < -0.4 is 10.6 Å². The molecule has 1 aromatic carbocycles. The Morgan fingerprint density at radius 1 is 1.13 bits per heavy atom. The highest BCUT2D eigenvalue weighted by atomic mass is 16.3. The summed E-state index contributed by atoms with van der Waals surface area (Å²) in [5.74, 6) is 0.614. The Balaban J connectivity index is 1.62. The summed E-state index contributed by atoms with van der Waals surface area (Å²) < 4.78 is 5.25. The summed E-state index contributed by atoms with van der Waals surface area (Å²) in [6.45, 7) is 2.52. The summed E-state index contributed by atoms with van der Waals surface area (Å²) in [6, 6.07) is 14.9. The van der Waals surface area contributed by atoms with Gasteiger partial charge in [-0.2, -0.15) is 0 Å². The number of aryl methyl sites for hydroxylation is 1. The number of pyridine rings is 1. The van der Waals surface area contributed by atoms with Crippen molar-refractivity contribution < 1.29 is 9.21 Å². The van der Waals surface area contributed by atoms with Gasteiger partial charge in [0, 0.05) is 5.69 Å². The minimum atomic E-state index is -0.225. The summed E-state index contributed by atoms with van der Waals surface area (Å²) in [5, 5.41) is 6.05. The van der Waals surface area contributed by atoms with E-state index in [1.54, 1.807) is 18.5 Å². The molecule has 0 saturated carbocycles. The molecule has 116 valence electrons. The van der Waals surface area contributed by atoms with Gasteiger partial charge in [0.15, 0.2) is 0 Å². The molecule has 0 spiro atoms. The summed E-state index contributed by atoms with van der Waals surface area (Å²) in [7, 11) is 0. The molecule has 0 atom stereocenters. The van der Waals surface area contributed by atoms with Crippen LogP contribution in [0.1, 0.15) is 21.8 Å².